The van der Waals surface area contributed by atoms with Crippen molar-refractivity contribution in [2.24, 2.45) is 5.73 Å². The number of hydrogen-bond donors (Lipinski definition) is 2. The first kappa shape index (κ1) is 10.5. The molecule has 0 aliphatic heterocycles. The average molecular weight is 190 g/mol. The lowest BCUT2D eigenvalue weighted by Gasteiger charge is -1.97. The summed E-state index contributed by atoms with van der Waals surface area (Å²) in [5.74, 6) is -0.112. The average Bonchev–Trinajstić information content (AvgIpc) is 2.25. The molecule has 0 atom stereocenters. The van der Waals surface area contributed by atoms with Crippen LogP contribution in [0.2, 0.25) is 0 Å². The molecule has 3 heteroatoms. The van der Waals surface area contributed by atoms with Crippen molar-refractivity contribution in [3.8, 4) is 0 Å². The van der Waals surface area contributed by atoms with Gasteiger partial charge in [0.25, 0.3) is 0 Å². The number of hydrogen-bond acceptors (Lipinski definition) is 2. The maximum absolute atomic E-state index is 11.1. The van der Waals surface area contributed by atoms with Crippen molar-refractivity contribution in [1.82, 2.24) is 5.32 Å². The Morgan fingerprint density at radius 1 is 1.36 bits per heavy atom. The molecule has 0 saturated carbocycles. The quantitative estimate of drug-likeness (QED) is 0.689. The SMILES string of the molecule is NCCNC(=O)/C=C/c1ccccc1. The fourth-order valence-corrected chi connectivity index (χ4v) is 0.990. The van der Waals surface area contributed by atoms with Crippen molar-refractivity contribution in [2.75, 3.05) is 13.1 Å². The summed E-state index contributed by atoms with van der Waals surface area (Å²) < 4.78 is 0. The van der Waals surface area contributed by atoms with Crippen LogP contribution in [0.1, 0.15) is 5.56 Å². The van der Waals surface area contributed by atoms with E-state index in [9.17, 15) is 4.79 Å². The molecule has 1 aromatic rings. The lowest BCUT2D eigenvalue weighted by molar-refractivity contribution is -0.116. The monoisotopic (exact) mass is 190 g/mol. The van der Waals surface area contributed by atoms with Crippen LogP contribution in [0, 0.1) is 0 Å². The summed E-state index contributed by atoms with van der Waals surface area (Å²) in [5, 5.41) is 2.65. The molecule has 14 heavy (non-hydrogen) atoms. The Bertz CT molecular complexity index is 306. The van der Waals surface area contributed by atoms with E-state index in [2.05, 4.69) is 5.32 Å². The number of rotatable bonds is 4. The summed E-state index contributed by atoms with van der Waals surface area (Å²) >= 11 is 0. The molecule has 0 unspecified atom stereocenters. The standard InChI is InChI=1S/C11H14N2O/c12-8-9-13-11(14)7-6-10-4-2-1-3-5-10/h1-7H,8-9,12H2,(H,13,14)/b7-6+. The van der Waals surface area contributed by atoms with Gasteiger partial charge in [0.1, 0.15) is 0 Å². The van der Waals surface area contributed by atoms with Gasteiger partial charge in [-0.05, 0) is 11.6 Å². The zero-order valence-corrected chi connectivity index (χ0v) is 7.94. The number of carbonyl (C=O) groups excluding carboxylic acids is 1. The minimum atomic E-state index is -0.112. The minimum Gasteiger partial charge on any atom is -0.351 e. The Hall–Kier alpha value is -1.61. The third kappa shape index (κ3) is 3.87. The van der Waals surface area contributed by atoms with Crippen LogP contribution in [-0.2, 0) is 4.79 Å². The molecule has 0 heterocycles. The Balaban J connectivity index is 2.44. The van der Waals surface area contributed by atoms with Gasteiger partial charge in [0.15, 0.2) is 0 Å². The lowest BCUT2D eigenvalue weighted by Crippen LogP contribution is -2.27. The van der Waals surface area contributed by atoms with Crippen molar-refractivity contribution < 1.29 is 4.79 Å². The van der Waals surface area contributed by atoms with Gasteiger partial charge in [0.2, 0.25) is 5.91 Å². The van der Waals surface area contributed by atoms with E-state index >= 15 is 0 Å². The second-order valence-corrected chi connectivity index (χ2v) is 2.82. The predicted octanol–water partition coefficient (Wildman–Crippen LogP) is 0.775. The molecule has 3 nitrogen and oxygen atoms in total. The minimum absolute atomic E-state index is 0.112. The smallest absolute Gasteiger partial charge is 0.244 e. The molecule has 3 N–H and O–H groups in total. The van der Waals surface area contributed by atoms with Gasteiger partial charge in [-0.1, -0.05) is 30.3 Å². The van der Waals surface area contributed by atoms with E-state index in [4.69, 9.17) is 5.73 Å². The third-order valence-electron chi connectivity index (χ3n) is 1.67. The van der Waals surface area contributed by atoms with Crippen LogP contribution in [0.4, 0.5) is 0 Å². The van der Waals surface area contributed by atoms with E-state index in [1.807, 2.05) is 30.3 Å². The van der Waals surface area contributed by atoms with Gasteiger partial charge in [-0.15, -0.1) is 0 Å². The molecule has 0 bridgehead atoms. The van der Waals surface area contributed by atoms with Crippen LogP contribution in [0.3, 0.4) is 0 Å². The predicted molar refractivity (Wildman–Crippen MR) is 57.5 cm³/mol. The summed E-state index contributed by atoms with van der Waals surface area (Å²) in [5.41, 5.74) is 6.25. The first-order valence-electron chi connectivity index (χ1n) is 4.54. The molecular formula is C11H14N2O. The normalized spacial score (nSPS) is 10.4. The van der Waals surface area contributed by atoms with Gasteiger partial charge in [-0.25, -0.2) is 0 Å². The van der Waals surface area contributed by atoms with Crippen molar-refractivity contribution in [3.63, 3.8) is 0 Å². The van der Waals surface area contributed by atoms with Crippen LogP contribution >= 0.6 is 0 Å². The third-order valence-corrected chi connectivity index (χ3v) is 1.67. The second-order valence-electron chi connectivity index (χ2n) is 2.82. The van der Waals surface area contributed by atoms with Gasteiger partial charge in [0.05, 0.1) is 0 Å². The summed E-state index contributed by atoms with van der Waals surface area (Å²) in [6, 6.07) is 9.67. The van der Waals surface area contributed by atoms with Gasteiger partial charge in [0, 0.05) is 19.2 Å². The van der Waals surface area contributed by atoms with Gasteiger partial charge < -0.3 is 11.1 Å². The molecule has 0 radical (unpaired) electrons. The molecular weight excluding hydrogens is 176 g/mol. The van der Waals surface area contributed by atoms with E-state index in [0.717, 1.165) is 5.56 Å². The van der Waals surface area contributed by atoms with Crippen LogP contribution in [0.15, 0.2) is 36.4 Å². The molecule has 1 amide bonds. The van der Waals surface area contributed by atoms with Crippen LogP contribution in [-0.4, -0.2) is 19.0 Å². The fourth-order valence-electron chi connectivity index (χ4n) is 0.990. The molecule has 0 aliphatic carbocycles. The maximum Gasteiger partial charge on any atom is 0.244 e. The van der Waals surface area contributed by atoms with Crippen molar-refractivity contribution in [3.05, 3.63) is 42.0 Å². The van der Waals surface area contributed by atoms with Crippen molar-refractivity contribution in [2.45, 2.75) is 0 Å². The van der Waals surface area contributed by atoms with Crippen molar-refractivity contribution >= 4 is 12.0 Å². The van der Waals surface area contributed by atoms with E-state index in [0.29, 0.717) is 13.1 Å². The van der Waals surface area contributed by atoms with E-state index in [1.54, 1.807) is 6.08 Å². The number of nitrogens with two attached hydrogens (primary N) is 1. The Kier molecular flexibility index (Phi) is 4.44. The molecule has 74 valence electrons. The summed E-state index contributed by atoms with van der Waals surface area (Å²) in [6.45, 7) is 0.975. The zero-order valence-electron chi connectivity index (χ0n) is 7.94. The van der Waals surface area contributed by atoms with E-state index in [1.165, 1.54) is 6.08 Å². The molecule has 0 aromatic heterocycles. The molecule has 1 aromatic carbocycles. The molecule has 0 spiro atoms. The second kappa shape index (κ2) is 5.94. The highest BCUT2D eigenvalue weighted by Crippen LogP contribution is 2.00. The van der Waals surface area contributed by atoms with Gasteiger partial charge in [-0.2, -0.15) is 0 Å². The first-order valence-corrected chi connectivity index (χ1v) is 4.54. The number of benzene rings is 1. The first-order chi connectivity index (χ1) is 6.83. The Labute approximate surface area is 83.6 Å². The molecule has 0 aliphatic rings. The lowest BCUT2D eigenvalue weighted by atomic mass is 10.2. The van der Waals surface area contributed by atoms with Gasteiger partial charge in [-0.3, -0.25) is 4.79 Å². The van der Waals surface area contributed by atoms with Crippen LogP contribution < -0.4 is 11.1 Å². The summed E-state index contributed by atoms with van der Waals surface area (Å²) in [6.07, 6.45) is 3.27. The number of nitrogens with one attached hydrogen (secondary N) is 1. The topological polar surface area (TPSA) is 55.1 Å². The van der Waals surface area contributed by atoms with Crippen LogP contribution in [0.5, 0.6) is 0 Å². The van der Waals surface area contributed by atoms with E-state index < -0.39 is 0 Å². The number of carbonyl (C=O) groups is 1. The largest absolute Gasteiger partial charge is 0.351 e. The summed E-state index contributed by atoms with van der Waals surface area (Å²) in [7, 11) is 0. The highest BCUT2D eigenvalue weighted by molar-refractivity contribution is 5.91. The fraction of sp³-hybridized carbons (Fsp3) is 0.182. The maximum atomic E-state index is 11.1. The van der Waals surface area contributed by atoms with Crippen molar-refractivity contribution in [1.29, 1.82) is 0 Å². The Morgan fingerprint density at radius 3 is 2.71 bits per heavy atom. The zero-order chi connectivity index (χ0) is 10.2. The molecule has 1 rings (SSSR count). The summed E-state index contributed by atoms with van der Waals surface area (Å²) in [4.78, 5) is 11.1. The van der Waals surface area contributed by atoms with Gasteiger partial charge >= 0.3 is 0 Å². The Morgan fingerprint density at radius 2 is 2.07 bits per heavy atom. The highest BCUT2D eigenvalue weighted by atomic mass is 16.1. The highest BCUT2D eigenvalue weighted by Gasteiger charge is 1.91. The molecule has 0 fully saturated rings. The molecule has 0 saturated heterocycles. The van der Waals surface area contributed by atoms with E-state index in [-0.39, 0.29) is 5.91 Å². The van der Waals surface area contributed by atoms with Crippen LogP contribution in [0.25, 0.3) is 6.08 Å². The number of amides is 1.